The van der Waals surface area contributed by atoms with Crippen molar-refractivity contribution >= 4 is 17.1 Å². The maximum atomic E-state index is 2.67. The summed E-state index contributed by atoms with van der Waals surface area (Å²) in [6, 6.07) is 54.5. The Morgan fingerprint density at radius 3 is 1.76 bits per heavy atom. The van der Waals surface area contributed by atoms with E-state index in [4.69, 9.17) is 0 Å². The predicted octanol–water partition coefficient (Wildman–Crippen LogP) is 13.6. The lowest BCUT2D eigenvalue weighted by atomic mass is 9.43. The average molecular weight is 698 g/mol. The fraction of sp³-hybridized carbons (Fsp3) is 0.321. The molecule has 6 aromatic carbocycles. The lowest BCUT2D eigenvalue weighted by molar-refractivity contribution is -0.0399. The van der Waals surface area contributed by atoms with E-state index in [1.165, 1.54) is 108 Å². The Labute approximate surface area is 320 Å². The summed E-state index contributed by atoms with van der Waals surface area (Å²) in [4.78, 5) is 2.61. The van der Waals surface area contributed by atoms with Crippen LogP contribution in [0.25, 0.3) is 33.4 Å². The van der Waals surface area contributed by atoms with E-state index in [1.807, 2.05) is 0 Å². The van der Waals surface area contributed by atoms with Crippen LogP contribution in [0.4, 0.5) is 17.1 Å². The number of fused-ring (bicyclic) bond motifs is 11. The third-order valence-corrected chi connectivity index (χ3v) is 16.3. The van der Waals surface area contributed by atoms with Gasteiger partial charge < -0.3 is 4.90 Å². The summed E-state index contributed by atoms with van der Waals surface area (Å²) >= 11 is 0. The van der Waals surface area contributed by atoms with E-state index in [0.29, 0.717) is 0 Å². The van der Waals surface area contributed by atoms with Crippen LogP contribution in [-0.2, 0) is 10.8 Å². The molecule has 54 heavy (non-hydrogen) atoms. The Morgan fingerprint density at radius 2 is 1.00 bits per heavy atom. The lowest BCUT2D eigenvalue weighted by Gasteiger charge is -2.61. The second-order valence-electron chi connectivity index (χ2n) is 18.5. The zero-order valence-electron chi connectivity index (χ0n) is 31.1. The molecule has 6 bridgehead atoms. The van der Waals surface area contributed by atoms with E-state index in [0.717, 1.165) is 35.5 Å². The molecule has 8 aliphatic rings. The van der Waals surface area contributed by atoms with E-state index in [1.54, 1.807) is 22.3 Å². The molecule has 3 atom stereocenters. The number of hydrogen-bond donors (Lipinski definition) is 0. The second kappa shape index (κ2) is 10.9. The largest absolute Gasteiger partial charge is 0.310 e. The summed E-state index contributed by atoms with van der Waals surface area (Å²) in [7, 11) is 0. The van der Waals surface area contributed by atoms with Crippen LogP contribution in [-0.4, -0.2) is 0 Å². The van der Waals surface area contributed by atoms with Gasteiger partial charge in [0.1, 0.15) is 0 Å². The Hall–Kier alpha value is -4.88. The highest BCUT2D eigenvalue weighted by Gasteiger charge is 2.62. The molecular weight excluding hydrogens is 651 g/mol. The van der Waals surface area contributed by atoms with Crippen molar-refractivity contribution in [1.29, 1.82) is 0 Å². The van der Waals surface area contributed by atoms with Crippen molar-refractivity contribution < 1.29 is 0 Å². The topological polar surface area (TPSA) is 3.24 Å². The fourth-order valence-corrected chi connectivity index (χ4v) is 14.7. The predicted molar refractivity (Wildman–Crippen MR) is 221 cm³/mol. The first-order chi connectivity index (χ1) is 26.7. The smallest absolute Gasteiger partial charge is 0.0468 e. The van der Waals surface area contributed by atoms with Gasteiger partial charge in [0.15, 0.2) is 0 Å². The van der Waals surface area contributed by atoms with E-state index in [-0.39, 0.29) is 10.8 Å². The molecule has 0 aliphatic heterocycles. The Balaban J connectivity index is 1.02. The van der Waals surface area contributed by atoms with Crippen LogP contribution in [0, 0.1) is 35.5 Å². The molecule has 0 saturated heterocycles. The number of benzene rings is 6. The van der Waals surface area contributed by atoms with Gasteiger partial charge in [-0.2, -0.15) is 0 Å². The lowest BCUT2D eigenvalue weighted by Crippen LogP contribution is -2.55. The summed E-state index contributed by atoms with van der Waals surface area (Å²) in [5.74, 6) is 5.00. The third-order valence-electron chi connectivity index (χ3n) is 16.3. The minimum Gasteiger partial charge on any atom is -0.310 e. The first-order valence-corrected chi connectivity index (χ1v) is 21.1. The van der Waals surface area contributed by atoms with Crippen LogP contribution in [0.2, 0.25) is 0 Å². The van der Waals surface area contributed by atoms with Gasteiger partial charge in [0, 0.05) is 27.9 Å². The maximum absolute atomic E-state index is 2.67. The molecular formula is C53H47N. The van der Waals surface area contributed by atoms with Gasteiger partial charge in [-0.25, -0.2) is 0 Å². The summed E-state index contributed by atoms with van der Waals surface area (Å²) in [6.45, 7) is 0. The molecule has 0 aromatic heterocycles. The highest BCUT2D eigenvalue weighted by molar-refractivity contribution is 5.90. The van der Waals surface area contributed by atoms with Crippen LogP contribution in [0.15, 0.2) is 140 Å². The third kappa shape index (κ3) is 3.86. The molecule has 6 fully saturated rings. The van der Waals surface area contributed by atoms with Crippen molar-refractivity contribution in [3.05, 3.63) is 162 Å². The van der Waals surface area contributed by atoms with Crippen molar-refractivity contribution in [3.63, 3.8) is 0 Å². The van der Waals surface area contributed by atoms with Crippen molar-refractivity contribution in [2.45, 2.75) is 68.6 Å². The van der Waals surface area contributed by atoms with Crippen LogP contribution >= 0.6 is 0 Å². The molecule has 264 valence electrons. The zero-order chi connectivity index (χ0) is 35.2. The molecule has 2 spiro atoms. The monoisotopic (exact) mass is 697 g/mol. The van der Waals surface area contributed by atoms with Crippen LogP contribution in [0.3, 0.4) is 0 Å². The number of rotatable bonds is 4. The molecule has 0 amide bonds. The highest BCUT2D eigenvalue weighted by Crippen LogP contribution is 2.70. The number of nitrogens with zero attached hydrogens (tertiary/aromatic N) is 1. The summed E-state index contributed by atoms with van der Waals surface area (Å²) in [5.41, 5.74) is 19.0. The second-order valence-corrected chi connectivity index (χ2v) is 18.5. The molecule has 14 rings (SSSR count). The summed E-state index contributed by atoms with van der Waals surface area (Å²) in [5, 5.41) is 0. The minimum atomic E-state index is 0.137. The SMILES string of the molecule is c1ccc(-c2cccc(N(c3ccc4c(c3)-c3ccccc3[C@@]43C[C@H]4CC[C@@H]3C4)c3ccc4c(c3)C3(c5ccccc5-4)C4CC5CC(C4)CC3C5)c2)cc1. The van der Waals surface area contributed by atoms with Crippen LogP contribution in [0.5, 0.6) is 0 Å². The molecule has 0 unspecified atom stereocenters. The van der Waals surface area contributed by atoms with Gasteiger partial charge in [0.2, 0.25) is 0 Å². The van der Waals surface area contributed by atoms with E-state index < -0.39 is 0 Å². The zero-order valence-corrected chi connectivity index (χ0v) is 31.1. The average Bonchev–Trinajstić information content (AvgIpc) is 3.97. The molecule has 6 saturated carbocycles. The minimum absolute atomic E-state index is 0.137. The quantitative estimate of drug-likeness (QED) is 0.177. The Kier molecular flexibility index (Phi) is 6.13. The Bertz CT molecular complexity index is 2480. The number of hydrogen-bond acceptors (Lipinski definition) is 1. The van der Waals surface area contributed by atoms with Crippen molar-refractivity contribution in [3.8, 4) is 33.4 Å². The van der Waals surface area contributed by atoms with E-state index in [9.17, 15) is 0 Å². The first-order valence-electron chi connectivity index (χ1n) is 21.1. The van der Waals surface area contributed by atoms with Gasteiger partial charge in [-0.05, 0) is 179 Å². The van der Waals surface area contributed by atoms with Crippen molar-refractivity contribution in [2.75, 3.05) is 4.90 Å². The number of anilines is 3. The molecule has 8 aliphatic carbocycles. The van der Waals surface area contributed by atoms with Gasteiger partial charge in [-0.1, -0.05) is 110 Å². The van der Waals surface area contributed by atoms with Gasteiger partial charge in [-0.15, -0.1) is 0 Å². The normalized spacial score (nSPS) is 31.2. The summed E-state index contributed by atoms with van der Waals surface area (Å²) < 4.78 is 0. The standard InChI is InChI=1S/C53H47N/c1-2-9-36(10-3-1)37-11-8-12-41(29-37)54(42-20-22-49-47(30-42)45-14-4-6-15-48(45)52(49)32-33-17-18-38(52)24-33)43-19-21-46-44-13-5-7-16-50(44)53(51(46)31-43)39-25-34-23-35(27-39)28-40(53)26-34/h1-16,19-22,29-31,33-35,38-40H,17-18,23-28,32H2/t33-,34?,35?,38+,39?,40?,52-,53?/m0/s1. The fourth-order valence-electron chi connectivity index (χ4n) is 14.7. The Morgan fingerprint density at radius 1 is 0.389 bits per heavy atom. The molecule has 0 N–H and O–H groups in total. The van der Waals surface area contributed by atoms with Gasteiger partial charge >= 0.3 is 0 Å². The molecule has 1 nitrogen and oxygen atoms in total. The van der Waals surface area contributed by atoms with Gasteiger partial charge in [0.05, 0.1) is 0 Å². The molecule has 0 radical (unpaired) electrons. The van der Waals surface area contributed by atoms with E-state index in [2.05, 4.69) is 144 Å². The highest BCUT2D eigenvalue weighted by atomic mass is 15.1. The van der Waals surface area contributed by atoms with Crippen molar-refractivity contribution in [1.82, 2.24) is 0 Å². The molecule has 6 aromatic rings. The molecule has 1 heteroatoms. The summed E-state index contributed by atoms with van der Waals surface area (Å²) in [6.07, 6.45) is 12.6. The maximum Gasteiger partial charge on any atom is 0.0468 e. The van der Waals surface area contributed by atoms with Gasteiger partial charge in [-0.3, -0.25) is 0 Å². The molecule has 0 heterocycles. The first kappa shape index (κ1) is 30.4. The van der Waals surface area contributed by atoms with E-state index >= 15 is 0 Å². The van der Waals surface area contributed by atoms with Gasteiger partial charge in [0.25, 0.3) is 0 Å². The van der Waals surface area contributed by atoms with Crippen LogP contribution in [0.1, 0.15) is 80.0 Å². The van der Waals surface area contributed by atoms with Crippen LogP contribution < -0.4 is 4.90 Å². The van der Waals surface area contributed by atoms with Crippen molar-refractivity contribution in [2.24, 2.45) is 35.5 Å².